The van der Waals surface area contributed by atoms with Gasteiger partial charge in [0, 0.05) is 6.61 Å². The minimum absolute atomic E-state index is 0.00204. The molecule has 1 aromatic heterocycles. The second kappa shape index (κ2) is 3.20. The van der Waals surface area contributed by atoms with Gasteiger partial charge in [0.1, 0.15) is 6.10 Å². The van der Waals surface area contributed by atoms with E-state index in [0.29, 0.717) is 18.3 Å². The first-order chi connectivity index (χ1) is 5.90. The standard InChI is InChI=1S/C7H11N3O2/c8-4-6-9-7(12-10-6)5-2-1-3-11-5/h5H,1-4,8H2/t5-/m1/s1. The van der Waals surface area contributed by atoms with E-state index >= 15 is 0 Å². The molecule has 0 bridgehead atoms. The van der Waals surface area contributed by atoms with Gasteiger partial charge in [-0.2, -0.15) is 4.98 Å². The van der Waals surface area contributed by atoms with E-state index < -0.39 is 0 Å². The van der Waals surface area contributed by atoms with Gasteiger partial charge >= 0.3 is 0 Å². The van der Waals surface area contributed by atoms with Crippen LogP contribution >= 0.6 is 0 Å². The van der Waals surface area contributed by atoms with Gasteiger partial charge in [0.25, 0.3) is 5.89 Å². The maximum absolute atomic E-state index is 5.36. The smallest absolute Gasteiger partial charge is 0.255 e. The number of ether oxygens (including phenoxy) is 1. The fourth-order valence-corrected chi connectivity index (χ4v) is 1.25. The Morgan fingerprint density at radius 1 is 1.58 bits per heavy atom. The highest BCUT2D eigenvalue weighted by molar-refractivity contribution is 4.91. The molecule has 1 aromatic rings. The molecule has 2 N–H and O–H groups in total. The van der Waals surface area contributed by atoms with Crippen LogP contribution in [0.25, 0.3) is 0 Å². The Morgan fingerprint density at radius 2 is 2.50 bits per heavy atom. The van der Waals surface area contributed by atoms with Gasteiger partial charge in [-0.05, 0) is 12.8 Å². The molecule has 0 spiro atoms. The van der Waals surface area contributed by atoms with Crippen molar-refractivity contribution in [3.63, 3.8) is 0 Å². The van der Waals surface area contributed by atoms with Gasteiger partial charge in [-0.3, -0.25) is 0 Å². The number of hydrogen-bond donors (Lipinski definition) is 1. The summed E-state index contributed by atoms with van der Waals surface area (Å²) in [6, 6.07) is 0. The monoisotopic (exact) mass is 169 g/mol. The molecule has 1 atom stereocenters. The van der Waals surface area contributed by atoms with Crippen LogP contribution in [0.5, 0.6) is 0 Å². The minimum atomic E-state index is -0.00204. The molecule has 0 aliphatic carbocycles. The zero-order chi connectivity index (χ0) is 8.39. The molecular weight excluding hydrogens is 158 g/mol. The highest BCUT2D eigenvalue weighted by Crippen LogP contribution is 2.26. The van der Waals surface area contributed by atoms with Crippen molar-refractivity contribution in [1.29, 1.82) is 0 Å². The number of nitrogens with zero attached hydrogens (tertiary/aromatic N) is 2. The molecule has 0 saturated carbocycles. The summed E-state index contributed by atoms with van der Waals surface area (Å²) >= 11 is 0. The van der Waals surface area contributed by atoms with Gasteiger partial charge in [-0.15, -0.1) is 0 Å². The topological polar surface area (TPSA) is 74.2 Å². The lowest BCUT2D eigenvalue weighted by atomic mass is 10.2. The number of hydrogen-bond acceptors (Lipinski definition) is 5. The zero-order valence-corrected chi connectivity index (χ0v) is 6.69. The summed E-state index contributed by atoms with van der Waals surface area (Å²) in [5.41, 5.74) is 5.34. The van der Waals surface area contributed by atoms with Crippen LogP contribution in [0.15, 0.2) is 4.52 Å². The highest BCUT2D eigenvalue weighted by Gasteiger charge is 2.23. The van der Waals surface area contributed by atoms with Crippen molar-refractivity contribution < 1.29 is 9.26 Å². The van der Waals surface area contributed by atoms with E-state index in [0.717, 1.165) is 19.4 Å². The van der Waals surface area contributed by atoms with Crippen LogP contribution in [-0.4, -0.2) is 16.7 Å². The molecule has 1 fully saturated rings. The normalized spacial score (nSPS) is 23.2. The van der Waals surface area contributed by atoms with E-state index in [4.69, 9.17) is 15.0 Å². The third-order valence-corrected chi connectivity index (χ3v) is 1.87. The van der Waals surface area contributed by atoms with Crippen molar-refractivity contribution in [2.75, 3.05) is 6.61 Å². The van der Waals surface area contributed by atoms with E-state index in [1.54, 1.807) is 0 Å². The van der Waals surface area contributed by atoms with Gasteiger partial charge in [-0.1, -0.05) is 5.16 Å². The van der Waals surface area contributed by atoms with Crippen molar-refractivity contribution in [3.05, 3.63) is 11.7 Å². The molecule has 5 heteroatoms. The Bertz CT molecular complexity index is 255. The average Bonchev–Trinajstić information content (AvgIpc) is 2.75. The zero-order valence-electron chi connectivity index (χ0n) is 6.69. The number of rotatable bonds is 2. The first kappa shape index (κ1) is 7.70. The Morgan fingerprint density at radius 3 is 3.08 bits per heavy atom. The lowest BCUT2D eigenvalue weighted by Crippen LogP contribution is -2.00. The maximum Gasteiger partial charge on any atom is 0.255 e. The second-order valence-electron chi connectivity index (χ2n) is 2.75. The first-order valence-corrected chi connectivity index (χ1v) is 4.04. The lowest BCUT2D eigenvalue weighted by Gasteiger charge is -2.00. The average molecular weight is 169 g/mol. The fraction of sp³-hybridized carbons (Fsp3) is 0.714. The van der Waals surface area contributed by atoms with Crippen LogP contribution in [-0.2, 0) is 11.3 Å². The van der Waals surface area contributed by atoms with E-state index in [9.17, 15) is 0 Å². The summed E-state index contributed by atoms with van der Waals surface area (Å²) in [6.07, 6.45) is 2.02. The molecule has 2 rings (SSSR count). The molecule has 0 aromatic carbocycles. The molecule has 12 heavy (non-hydrogen) atoms. The minimum Gasteiger partial charge on any atom is -0.368 e. The van der Waals surface area contributed by atoms with Gasteiger partial charge in [0.15, 0.2) is 5.82 Å². The van der Waals surface area contributed by atoms with E-state index in [1.165, 1.54) is 0 Å². The summed E-state index contributed by atoms with van der Waals surface area (Å²) in [7, 11) is 0. The molecule has 0 radical (unpaired) electrons. The summed E-state index contributed by atoms with van der Waals surface area (Å²) in [5, 5.41) is 3.69. The summed E-state index contributed by atoms with van der Waals surface area (Å²) in [6.45, 7) is 1.10. The first-order valence-electron chi connectivity index (χ1n) is 4.04. The van der Waals surface area contributed by atoms with Crippen molar-refractivity contribution >= 4 is 0 Å². The summed E-state index contributed by atoms with van der Waals surface area (Å²) in [4.78, 5) is 4.08. The number of aromatic nitrogens is 2. The molecule has 0 amide bonds. The third kappa shape index (κ3) is 1.33. The fourth-order valence-electron chi connectivity index (χ4n) is 1.25. The Balaban J connectivity index is 2.11. The third-order valence-electron chi connectivity index (χ3n) is 1.87. The van der Waals surface area contributed by atoms with Crippen LogP contribution in [0.4, 0.5) is 0 Å². The Hall–Kier alpha value is -0.940. The molecule has 1 aliphatic heterocycles. The van der Waals surface area contributed by atoms with Gasteiger partial charge in [-0.25, -0.2) is 0 Å². The van der Waals surface area contributed by atoms with Crippen LogP contribution in [0.1, 0.15) is 30.7 Å². The largest absolute Gasteiger partial charge is 0.368 e. The SMILES string of the molecule is NCc1noc([C@H]2CCCO2)n1. The van der Waals surface area contributed by atoms with Crippen LogP contribution in [0.3, 0.4) is 0 Å². The summed E-state index contributed by atoms with van der Waals surface area (Å²) < 4.78 is 10.3. The Kier molecular flexibility index (Phi) is 2.05. The van der Waals surface area contributed by atoms with Gasteiger partial charge in [0.05, 0.1) is 6.54 Å². The van der Waals surface area contributed by atoms with Crippen molar-refractivity contribution in [2.24, 2.45) is 5.73 Å². The van der Waals surface area contributed by atoms with E-state index in [2.05, 4.69) is 10.1 Å². The predicted octanol–water partition coefficient (Wildman–Crippen LogP) is 0.380. The molecule has 0 unspecified atom stereocenters. The van der Waals surface area contributed by atoms with Crippen molar-refractivity contribution in [1.82, 2.24) is 10.1 Å². The van der Waals surface area contributed by atoms with E-state index in [-0.39, 0.29) is 6.10 Å². The quantitative estimate of drug-likeness (QED) is 0.692. The molecule has 1 saturated heterocycles. The molecular formula is C7H11N3O2. The lowest BCUT2D eigenvalue weighted by molar-refractivity contribution is 0.0835. The number of nitrogens with two attached hydrogens (primary N) is 1. The second-order valence-corrected chi connectivity index (χ2v) is 2.75. The highest BCUT2D eigenvalue weighted by atomic mass is 16.5. The van der Waals surface area contributed by atoms with Gasteiger partial charge in [0.2, 0.25) is 0 Å². The van der Waals surface area contributed by atoms with Crippen molar-refractivity contribution in [2.45, 2.75) is 25.5 Å². The predicted molar refractivity (Wildman–Crippen MR) is 40.1 cm³/mol. The molecule has 2 heterocycles. The van der Waals surface area contributed by atoms with E-state index in [1.807, 2.05) is 0 Å². The maximum atomic E-state index is 5.36. The van der Waals surface area contributed by atoms with Crippen LogP contribution in [0.2, 0.25) is 0 Å². The Labute approximate surface area is 69.9 Å². The summed E-state index contributed by atoms with van der Waals surface area (Å²) in [5.74, 6) is 1.11. The van der Waals surface area contributed by atoms with Gasteiger partial charge < -0.3 is 15.0 Å². The molecule has 66 valence electrons. The van der Waals surface area contributed by atoms with Crippen LogP contribution < -0.4 is 5.73 Å². The van der Waals surface area contributed by atoms with Crippen molar-refractivity contribution in [3.8, 4) is 0 Å². The van der Waals surface area contributed by atoms with Crippen LogP contribution in [0, 0.1) is 0 Å². The molecule has 5 nitrogen and oxygen atoms in total. The molecule has 1 aliphatic rings.